The number of halogens is 6. The lowest BCUT2D eigenvalue weighted by Crippen LogP contribution is -2.54. The van der Waals surface area contributed by atoms with Gasteiger partial charge in [-0.2, -0.15) is 26.3 Å². The van der Waals surface area contributed by atoms with Crippen LogP contribution in [0.1, 0.15) is 30.0 Å². The summed E-state index contributed by atoms with van der Waals surface area (Å²) in [6.45, 7) is 5.02. The Labute approximate surface area is 163 Å². The van der Waals surface area contributed by atoms with Gasteiger partial charge >= 0.3 is 18.3 Å². The van der Waals surface area contributed by atoms with Gasteiger partial charge in [0.1, 0.15) is 5.75 Å². The number of rotatable bonds is 6. The minimum atomic E-state index is -5.67. The Morgan fingerprint density at radius 3 is 1.72 bits per heavy atom. The highest BCUT2D eigenvalue weighted by atomic mass is 19.4. The zero-order valence-corrected chi connectivity index (χ0v) is 15.4. The zero-order valence-electron chi connectivity index (χ0n) is 15.4. The molecule has 0 saturated carbocycles. The van der Waals surface area contributed by atoms with Gasteiger partial charge in [-0.3, -0.25) is 0 Å². The van der Waals surface area contributed by atoms with E-state index in [-0.39, 0.29) is 5.75 Å². The van der Waals surface area contributed by atoms with Crippen molar-refractivity contribution in [3.05, 3.63) is 77.9 Å². The van der Waals surface area contributed by atoms with Crippen LogP contribution >= 0.6 is 0 Å². The van der Waals surface area contributed by atoms with Crippen LogP contribution in [0.2, 0.25) is 0 Å². The highest BCUT2D eigenvalue weighted by molar-refractivity contribution is 5.83. The Balaban J connectivity index is 2.67. The van der Waals surface area contributed by atoms with E-state index in [0.717, 1.165) is 30.3 Å². The predicted octanol–water partition coefficient (Wildman–Crippen LogP) is 6.14. The number of aryl methyl sites for hydroxylation is 1. The first-order valence-electron chi connectivity index (χ1n) is 8.65. The van der Waals surface area contributed by atoms with Crippen molar-refractivity contribution in [2.24, 2.45) is 0 Å². The average Bonchev–Trinajstić information content (AvgIpc) is 2.63. The second kappa shape index (κ2) is 8.31. The Hall–Kier alpha value is -2.77. The summed E-state index contributed by atoms with van der Waals surface area (Å²) in [4.78, 5) is 11.2. The number of carbonyl (C=O) groups excluding carboxylic acids is 1. The second-order valence-corrected chi connectivity index (χ2v) is 6.34. The van der Waals surface area contributed by atoms with E-state index in [2.05, 4.69) is 6.58 Å². The van der Waals surface area contributed by atoms with Crippen LogP contribution in [-0.4, -0.2) is 18.3 Å². The quantitative estimate of drug-likeness (QED) is 0.245. The first kappa shape index (κ1) is 22.5. The lowest BCUT2D eigenvalue weighted by Gasteiger charge is -2.38. The molecule has 156 valence electrons. The molecule has 0 amide bonds. The Bertz CT molecular complexity index is 835. The molecule has 0 aliphatic rings. The van der Waals surface area contributed by atoms with Gasteiger partial charge in [0.25, 0.3) is 0 Å². The van der Waals surface area contributed by atoms with Crippen molar-refractivity contribution in [3.63, 3.8) is 0 Å². The number of ether oxygens (including phenoxy) is 1. The van der Waals surface area contributed by atoms with Crippen LogP contribution in [-0.2, 0) is 16.6 Å². The van der Waals surface area contributed by atoms with Gasteiger partial charge in [-0.15, -0.1) is 0 Å². The maximum Gasteiger partial charge on any atom is 0.411 e. The number of hydrogen-bond acceptors (Lipinski definition) is 2. The molecule has 0 heterocycles. The third kappa shape index (κ3) is 4.31. The third-order valence-corrected chi connectivity index (χ3v) is 4.45. The van der Waals surface area contributed by atoms with Crippen LogP contribution in [0, 0.1) is 0 Å². The van der Waals surface area contributed by atoms with Crippen molar-refractivity contribution in [2.45, 2.75) is 37.5 Å². The zero-order chi connectivity index (χ0) is 21.9. The fraction of sp³-hybridized carbons (Fsp3) is 0.286. The van der Waals surface area contributed by atoms with Crippen LogP contribution in [0.4, 0.5) is 26.3 Å². The Kier molecular flexibility index (Phi) is 6.45. The minimum absolute atomic E-state index is 0.199. The molecule has 0 unspecified atom stereocenters. The molecule has 0 bridgehead atoms. The molecule has 0 aliphatic heterocycles. The molecular formula is C21H18F6O2. The first-order chi connectivity index (χ1) is 13.5. The monoisotopic (exact) mass is 416 g/mol. The molecule has 2 aromatic carbocycles. The van der Waals surface area contributed by atoms with Crippen molar-refractivity contribution >= 4 is 5.97 Å². The Morgan fingerprint density at radius 1 is 0.897 bits per heavy atom. The highest BCUT2D eigenvalue weighted by Crippen LogP contribution is 2.56. The third-order valence-electron chi connectivity index (χ3n) is 4.45. The van der Waals surface area contributed by atoms with E-state index < -0.39 is 34.9 Å². The van der Waals surface area contributed by atoms with Gasteiger partial charge in [0, 0.05) is 6.08 Å². The number of alkyl halides is 6. The summed E-state index contributed by atoms with van der Waals surface area (Å²) >= 11 is 0. The summed E-state index contributed by atoms with van der Waals surface area (Å²) in [6, 6.07) is 7.34. The van der Waals surface area contributed by atoms with Crippen molar-refractivity contribution in [2.75, 3.05) is 0 Å². The maximum absolute atomic E-state index is 14.0. The van der Waals surface area contributed by atoms with Crippen molar-refractivity contribution in [1.82, 2.24) is 0 Å². The van der Waals surface area contributed by atoms with E-state index in [9.17, 15) is 31.1 Å². The number of carbonyl (C=O) groups is 1. The summed E-state index contributed by atoms with van der Waals surface area (Å²) in [7, 11) is 0. The van der Waals surface area contributed by atoms with Gasteiger partial charge in [-0.05, 0) is 35.2 Å². The average molecular weight is 416 g/mol. The fourth-order valence-corrected chi connectivity index (χ4v) is 3.12. The molecular weight excluding hydrogens is 398 g/mol. The molecule has 29 heavy (non-hydrogen) atoms. The van der Waals surface area contributed by atoms with Crippen molar-refractivity contribution in [1.29, 1.82) is 0 Å². The molecule has 0 saturated heterocycles. The lowest BCUT2D eigenvalue weighted by atomic mass is 9.72. The van der Waals surface area contributed by atoms with Gasteiger partial charge in [0.05, 0.1) is 0 Å². The van der Waals surface area contributed by atoms with Crippen LogP contribution < -0.4 is 4.74 Å². The van der Waals surface area contributed by atoms with Crippen LogP contribution in [0.3, 0.4) is 0 Å². The molecule has 0 aromatic heterocycles. The molecule has 2 rings (SSSR count). The van der Waals surface area contributed by atoms with Gasteiger partial charge < -0.3 is 4.74 Å². The second-order valence-electron chi connectivity index (χ2n) is 6.34. The molecule has 0 N–H and O–H groups in total. The van der Waals surface area contributed by atoms with E-state index in [0.29, 0.717) is 30.5 Å². The summed E-state index contributed by atoms with van der Waals surface area (Å²) in [6.07, 6.45) is -9.28. The maximum atomic E-state index is 14.0. The lowest BCUT2D eigenvalue weighted by molar-refractivity contribution is -0.288. The summed E-state index contributed by atoms with van der Waals surface area (Å²) in [5.74, 6) is -1.09. The molecule has 2 nitrogen and oxygen atoms in total. The number of hydrogen-bond donors (Lipinski definition) is 0. The van der Waals surface area contributed by atoms with Crippen LogP contribution in [0.5, 0.6) is 5.75 Å². The first-order valence-corrected chi connectivity index (χ1v) is 8.65. The van der Waals surface area contributed by atoms with E-state index >= 15 is 0 Å². The van der Waals surface area contributed by atoms with E-state index in [1.165, 1.54) is 12.1 Å². The smallest absolute Gasteiger partial charge is 0.411 e. The SMILES string of the molecule is C=CC(=O)Oc1ccc(C(c2ccc(CCC)cc2)(C(F)(F)F)C(F)(F)F)cc1. The molecule has 0 radical (unpaired) electrons. The summed E-state index contributed by atoms with van der Waals surface area (Å²) < 4.78 is 89.0. The topological polar surface area (TPSA) is 26.3 Å². The number of esters is 1. The molecule has 2 aromatic rings. The molecule has 8 heteroatoms. The molecule has 0 spiro atoms. The minimum Gasteiger partial charge on any atom is -0.423 e. The van der Waals surface area contributed by atoms with Crippen molar-refractivity contribution in [3.8, 4) is 5.75 Å². The highest BCUT2D eigenvalue weighted by Gasteiger charge is 2.72. The summed E-state index contributed by atoms with van der Waals surface area (Å²) in [5.41, 5.74) is -5.56. The number of benzene rings is 2. The molecule has 0 aliphatic carbocycles. The van der Waals surface area contributed by atoms with E-state index in [4.69, 9.17) is 4.74 Å². The molecule has 0 atom stereocenters. The normalized spacial score (nSPS) is 12.5. The standard InChI is InChI=1S/C21H18F6O2/c1-3-5-14-6-8-15(9-7-14)19(20(22,23)24,21(25,26)27)16-10-12-17(13-11-16)29-18(28)4-2/h4,6-13H,2-3,5H2,1H3. The van der Waals surface area contributed by atoms with Crippen LogP contribution in [0.25, 0.3) is 0 Å². The summed E-state index contributed by atoms with van der Waals surface area (Å²) in [5, 5.41) is 0. The van der Waals surface area contributed by atoms with E-state index in [1.54, 1.807) is 0 Å². The van der Waals surface area contributed by atoms with E-state index in [1.807, 2.05) is 6.92 Å². The van der Waals surface area contributed by atoms with Gasteiger partial charge in [0.15, 0.2) is 0 Å². The predicted molar refractivity (Wildman–Crippen MR) is 95.6 cm³/mol. The van der Waals surface area contributed by atoms with Gasteiger partial charge in [-0.25, -0.2) is 4.79 Å². The van der Waals surface area contributed by atoms with Gasteiger partial charge in [0.2, 0.25) is 5.41 Å². The Morgan fingerprint density at radius 2 is 1.34 bits per heavy atom. The van der Waals surface area contributed by atoms with Crippen molar-refractivity contribution < 1.29 is 35.9 Å². The van der Waals surface area contributed by atoms with Crippen LogP contribution in [0.15, 0.2) is 61.2 Å². The molecule has 0 fully saturated rings. The van der Waals surface area contributed by atoms with Gasteiger partial charge in [-0.1, -0.05) is 56.3 Å². The largest absolute Gasteiger partial charge is 0.423 e. The fourth-order valence-electron chi connectivity index (χ4n) is 3.12.